The third kappa shape index (κ3) is 4.45. The molecule has 4 heteroatoms. The Morgan fingerprint density at radius 1 is 1.19 bits per heavy atom. The molecule has 0 atom stereocenters. The largest absolute Gasteiger partial charge is 0.439 e. The third-order valence-electron chi connectivity index (χ3n) is 3.19. The van der Waals surface area contributed by atoms with Gasteiger partial charge in [-0.25, -0.2) is 4.98 Å². The highest BCUT2D eigenvalue weighted by atomic mass is 35.5. The van der Waals surface area contributed by atoms with Crippen LogP contribution in [0.5, 0.6) is 11.6 Å². The van der Waals surface area contributed by atoms with Crippen LogP contribution in [0.2, 0.25) is 5.02 Å². The van der Waals surface area contributed by atoms with Gasteiger partial charge >= 0.3 is 0 Å². The van der Waals surface area contributed by atoms with Crippen LogP contribution in [-0.4, -0.2) is 11.5 Å². The highest BCUT2D eigenvalue weighted by Crippen LogP contribution is 2.26. The molecule has 0 aliphatic carbocycles. The van der Waals surface area contributed by atoms with Crippen molar-refractivity contribution in [3.8, 4) is 11.6 Å². The standard InChI is InChI=1S/C17H21ClN2O/c1-4-14-10-15(6-7-16(14)18)21-17-9-13(11-19-5-2)8-12(3)20-17/h6-10,19H,4-5,11H2,1-3H3. The van der Waals surface area contributed by atoms with E-state index >= 15 is 0 Å². The molecule has 2 rings (SSSR count). The Hall–Kier alpha value is -1.58. The molecule has 0 aliphatic heterocycles. The summed E-state index contributed by atoms with van der Waals surface area (Å²) < 4.78 is 5.88. The summed E-state index contributed by atoms with van der Waals surface area (Å²) in [6, 6.07) is 9.74. The van der Waals surface area contributed by atoms with Crippen molar-refractivity contribution in [3.63, 3.8) is 0 Å². The summed E-state index contributed by atoms with van der Waals surface area (Å²) in [6.45, 7) is 7.89. The van der Waals surface area contributed by atoms with Crippen LogP contribution in [0, 0.1) is 6.92 Å². The summed E-state index contributed by atoms with van der Waals surface area (Å²) in [4.78, 5) is 4.43. The number of pyridine rings is 1. The van der Waals surface area contributed by atoms with Crippen molar-refractivity contribution in [2.75, 3.05) is 6.54 Å². The Labute approximate surface area is 131 Å². The first-order chi connectivity index (χ1) is 10.1. The minimum atomic E-state index is 0.618. The number of nitrogens with one attached hydrogen (secondary N) is 1. The van der Waals surface area contributed by atoms with Gasteiger partial charge in [0.1, 0.15) is 5.75 Å². The van der Waals surface area contributed by atoms with Crippen LogP contribution in [0.4, 0.5) is 0 Å². The molecule has 21 heavy (non-hydrogen) atoms. The van der Waals surface area contributed by atoms with Crippen molar-refractivity contribution < 1.29 is 4.74 Å². The van der Waals surface area contributed by atoms with Gasteiger partial charge in [0.2, 0.25) is 5.88 Å². The van der Waals surface area contributed by atoms with Crippen LogP contribution in [0.3, 0.4) is 0 Å². The van der Waals surface area contributed by atoms with Crippen molar-refractivity contribution in [1.82, 2.24) is 10.3 Å². The maximum atomic E-state index is 6.13. The van der Waals surface area contributed by atoms with Crippen LogP contribution in [0.1, 0.15) is 30.7 Å². The molecule has 0 fully saturated rings. The Balaban J connectivity index is 2.20. The Kier molecular flexibility index (Phi) is 5.59. The molecule has 0 saturated heterocycles. The minimum absolute atomic E-state index is 0.618. The van der Waals surface area contributed by atoms with Crippen LogP contribution in [0.25, 0.3) is 0 Å². The van der Waals surface area contributed by atoms with Gasteiger partial charge in [-0.15, -0.1) is 0 Å². The summed E-state index contributed by atoms with van der Waals surface area (Å²) in [5.74, 6) is 1.39. The smallest absolute Gasteiger partial charge is 0.219 e. The molecular weight excluding hydrogens is 284 g/mol. The second kappa shape index (κ2) is 7.43. The van der Waals surface area contributed by atoms with Gasteiger partial charge in [0, 0.05) is 23.3 Å². The van der Waals surface area contributed by atoms with E-state index in [2.05, 4.69) is 30.2 Å². The predicted molar refractivity (Wildman–Crippen MR) is 87.3 cm³/mol. The highest BCUT2D eigenvalue weighted by Gasteiger charge is 2.05. The average Bonchev–Trinajstić information content (AvgIpc) is 2.46. The number of nitrogens with zero attached hydrogens (tertiary/aromatic N) is 1. The number of halogens is 1. The molecule has 1 aromatic heterocycles. The summed E-state index contributed by atoms with van der Waals surface area (Å²) in [7, 11) is 0. The molecule has 0 radical (unpaired) electrons. The van der Waals surface area contributed by atoms with Crippen LogP contribution < -0.4 is 10.1 Å². The molecular formula is C17H21ClN2O. The van der Waals surface area contributed by atoms with E-state index in [1.165, 1.54) is 5.56 Å². The third-order valence-corrected chi connectivity index (χ3v) is 3.56. The van der Waals surface area contributed by atoms with Crippen molar-refractivity contribution in [2.24, 2.45) is 0 Å². The molecule has 0 saturated carbocycles. The molecule has 1 aromatic carbocycles. The van der Waals surface area contributed by atoms with E-state index in [0.717, 1.165) is 41.5 Å². The lowest BCUT2D eigenvalue weighted by Gasteiger charge is -2.10. The quantitative estimate of drug-likeness (QED) is 0.852. The molecule has 1 heterocycles. The number of aryl methyl sites for hydroxylation is 2. The fraction of sp³-hybridized carbons (Fsp3) is 0.353. The van der Waals surface area contributed by atoms with Gasteiger partial charge in [-0.2, -0.15) is 0 Å². The van der Waals surface area contributed by atoms with Gasteiger partial charge in [-0.3, -0.25) is 0 Å². The first-order valence-electron chi connectivity index (χ1n) is 7.27. The maximum Gasteiger partial charge on any atom is 0.219 e. The lowest BCUT2D eigenvalue weighted by atomic mass is 10.1. The lowest BCUT2D eigenvalue weighted by Crippen LogP contribution is -2.12. The first-order valence-corrected chi connectivity index (χ1v) is 7.64. The lowest BCUT2D eigenvalue weighted by molar-refractivity contribution is 0.460. The van der Waals surface area contributed by atoms with E-state index in [-0.39, 0.29) is 0 Å². The number of ether oxygens (including phenoxy) is 1. The van der Waals surface area contributed by atoms with Gasteiger partial charge in [0.05, 0.1) is 0 Å². The molecule has 2 aromatic rings. The van der Waals surface area contributed by atoms with Crippen molar-refractivity contribution >= 4 is 11.6 Å². The zero-order valence-electron chi connectivity index (χ0n) is 12.7. The van der Waals surface area contributed by atoms with E-state index in [4.69, 9.17) is 16.3 Å². The average molecular weight is 305 g/mol. The number of benzene rings is 1. The highest BCUT2D eigenvalue weighted by molar-refractivity contribution is 6.31. The normalized spacial score (nSPS) is 10.7. The Bertz CT molecular complexity index is 614. The second-order valence-corrected chi connectivity index (χ2v) is 5.35. The van der Waals surface area contributed by atoms with Crippen LogP contribution in [-0.2, 0) is 13.0 Å². The number of rotatable bonds is 6. The van der Waals surface area contributed by atoms with Gasteiger partial charge in [-0.05, 0) is 55.3 Å². The number of hydrogen-bond acceptors (Lipinski definition) is 3. The van der Waals surface area contributed by atoms with E-state index < -0.39 is 0 Å². The van der Waals surface area contributed by atoms with E-state index in [0.29, 0.717) is 5.88 Å². The summed E-state index contributed by atoms with van der Waals surface area (Å²) in [6.07, 6.45) is 0.878. The van der Waals surface area contributed by atoms with E-state index in [9.17, 15) is 0 Å². The fourth-order valence-electron chi connectivity index (χ4n) is 2.14. The number of aromatic nitrogens is 1. The molecule has 3 nitrogen and oxygen atoms in total. The molecule has 0 unspecified atom stereocenters. The predicted octanol–water partition coefficient (Wildman–Crippen LogP) is 4.51. The first kappa shape index (κ1) is 15.8. The second-order valence-electron chi connectivity index (χ2n) is 4.94. The van der Waals surface area contributed by atoms with Crippen molar-refractivity contribution in [2.45, 2.75) is 33.7 Å². The summed E-state index contributed by atoms with van der Waals surface area (Å²) in [5.41, 5.74) is 3.20. The monoisotopic (exact) mass is 304 g/mol. The Morgan fingerprint density at radius 2 is 2.00 bits per heavy atom. The maximum absolute atomic E-state index is 6.13. The van der Waals surface area contributed by atoms with Gasteiger partial charge in [0.25, 0.3) is 0 Å². The molecule has 0 amide bonds. The zero-order chi connectivity index (χ0) is 15.2. The SMILES string of the molecule is CCNCc1cc(C)nc(Oc2ccc(Cl)c(CC)c2)c1. The summed E-state index contributed by atoms with van der Waals surface area (Å²) >= 11 is 6.13. The molecule has 1 N–H and O–H groups in total. The molecule has 0 bridgehead atoms. The Morgan fingerprint density at radius 3 is 2.71 bits per heavy atom. The van der Waals surface area contributed by atoms with E-state index in [1.54, 1.807) is 0 Å². The van der Waals surface area contributed by atoms with Crippen molar-refractivity contribution in [3.05, 3.63) is 52.2 Å². The molecule has 0 spiro atoms. The van der Waals surface area contributed by atoms with Crippen LogP contribution in [0.15, 0.2) is 30.3 Å². The zero-order valence-corrected chi connectivity index (χ0v) is 13.5. The van der Waals surface area contributed by atoms with Gasteiger partial charge in [-0.1, -0.05) is 25.4 Å². The van der Waals surface area contributed by atoms with E-state index in [1.807, 2.05) is 31.2 Å². The van der Waals surface area contributed by atoms with Gasteiger partial charge in [0.15, 0.2) is 0 Å². The van der Waals surface area contributed by atoms with Crippen LogP contribution >= 0.6 is 11.6 Å². The fourth-order valence-corrected chi connectivity index (χ4v) is 2.39. The topological polar surface area (TPSA) is 34.2 Å². The van der Waals surface area contributed by atoms with Crippen molar-refractivity contribution in [1.29, 1.82) is 0 Å². The number of hydrogen-bond donors (Lipinski definition) is 1. The minimum Gasteiger partial charge on any atom is -0.439 e. The molecule has 0 aliphatic rings. The molecule has 112 valence electrons. The van der Waals surface area contributed by atoms with Gasteiger partial charge < -0.3 is 10.1 Å². The summed E-state index contributed by atoms with van der Waals surface area (Å²) in [5, 5.41) is 4.08.